The van der Waals surface area contributed by atoms with Gasteiger partial charge in [-0.05, 0) is 36.2 Å². The standard InChI is InChI=1S/C23H22F2N4O5/c1-12(2)20(22(31)33-3)28-21(30)19-11-18(29-34-19)14-9-8-13(10-16(14)25)26-23(32)27-17-7-5-4-6-15(17)24/h4-12,20H,1-3H3,(H,28,30)(H2,26,27,32). The summed E-state index contributed by atoms with van der Waals surface area (Å²) in [6.45, 7) is 3.46. The van der Waals surface area contributed by atoms with Crippen LogP contribution in [0.3, 0.4) is 0 Å². The van der Waals surface area contributed by atoms with Gasteiger partial charge in [0, 0.05) is 17.3 Å². The Kier molecular flexibility index (Phi) is 7.57. The molecule has 0 bridgehead atoms. The van der Waals surface area contributed by atoms with Gasteiger partial charge in [-0.15, -0.1) is 0 Å². The highest BCUT2D eigenvalue weighted by Gasteiger charge is 2.27. The minimum absolute atomic E-state index is 0.0104. The Morgan fingerprint density at radius 2 is 1.74 bits per heavy atom. The first-order valence-electron chi connectivity index (χ1n) is 10.2. The first kappa shape index (κ1) is 24.4. The van der Waals surface area contributed by atoms with Gasteiger partial charge in [-0.1, -0.05) is 31.1 Å². The Morgan fingerprint density at radius 1 is 1.00 bits per heavy atom. The van der Waals surface area contributed by atoms with Crippen molar-refractivity contribution in [2.75, 3.05) is 17.7 Å². The number of methoxy groups -OCH3 is 1. The second kappa shape index (κ2) is 10.6. The molecular formula is C23H22F2N4O5. The van der Waals surface area contributed by atoms with E-state index in [2.05, 4.69) is 25.8 Å². The van der Waals surface area contributed by atoms with Crippen molar-refractivity contribution in [3.05, 3.63) is 65.9 Å². The number of anilines is 2. The van der Waals surface area contributed by atoms with Crippen LogP contribution < -0.4 is 16.0 Å². The molecule has 34 heavy (non-hydrogen) atoms. The summed E-state index contributed by atoms with van der Waals surface area (Å²) in [5, 5.41) is 10.9. The second-order valence-corrected chi connectivity index (χ2v) is 7.55. The molecule has 178 valence electrons. The van der Waals surface area contributed by atoms with Gasteiger partial charge in [0.2, 0.25) is 5.76 Å². The number of ether oxygens (including phenoxy) is 1. The highest BCUT2D eigenvalue weighted by molar-refractivity contribution is 6.00. The van der Waals surface area contributed by atoms with Crippen LogP contribution >= 0.6 is 0 Å². The smallest absolute Gasteiger partial charge is 0.328 e. The molecule has 9 nitrogen and oxygen atoms in total. The van der Waals surface area contributed by atoms with Crippen molar-refractivity contribution in [1.82, 2.24) is 10.5 Å². The number of rotatable bonds is 7. The van der Waals surface area contributed by atoms with Gasteiger partial charge in [-0.25, -0.2) is 18.4 Å². The van der Waals surface area contributed by atoms with Crippen LogP contribution in [-0.2, 0) is 9.53 Å². The van der Waals surface area contributed by atoms with Gasteiger partial charge in [-0.2, -0.15) is 0 Å². The largest absolute Gasteiger partial charge is 0.467 e. The average molecular weight is 472 g/mol. The molecule has 0 aliphatic heterocycles. The van der Waals surface area contributed by atoms with Crippen LogP contribution in [-0.4, -0.2) is 36.2 Å². The number of amides is 3. The van der Waals surface area contributed by atoms with E-state index in [0.29, 0.717) is 0 Å². The van der Waals surface area contributed by atoms with E-state index in [1.807, 2.05) is 0 Å². The molecule has 0 aliphatic carbocycles. The Hall–Kier alpha value is -4.28. The van der Waals surface area contributed by atoms with Crippen LogP contribution in [0.1, 0.15) is 24.4 Å². The number of nitrogens with one attached hydrogen (secondary N) is 3. The lowest BCUT2D eigenvalue weighted by molar-refractivity contribution is -0.144. The Balaban J connectivity index is 1.69. The van der Waals surface area contributed by atoms with Crippen molar-refractivity contribution in [3.63, 3.8) is 0 Å². The molecule has 0 saturated carbocycles. The van der Waals surface area contributed by atoms with Gasteiger partial charge in [-0.3, -0.25) is 4.79 Å². The molecule has 3 amide bonds. The number of urea groups is 1. The lowest BCUT2D eigenvalue weighted by atomic mass is 10.0. The predicted molar refractivity (Wildman–Crippen MR) is 119 cm³/mol. The van der Waals surface area contributed by atoms with E-state index >= 15 is 0 Å². The fourth-order valence-corrected chi connectivity index (χ4v) is 2.99. The summed E-state index contributed by atoms with van der Waals surface area (Å²) in [6.07, 6.45) is 0. The number of nitrogens with zero attached hydrogens (tertiary/aromatic N) is 1. The number of benzene rings is 2. The number of para-hydroxylation sites is 1. The molecule has 1 aromatic heterocycles. The summed E-state index contributed by atoms with van der Waals surface area (Å²) < 4.78 is 38.0. The van der Waals surface area contributed by atoms with E-state index in [1.165, 1.54) is 43.5 Å². The van der Waals surface area contributed by atoms with Crippen LogP contribution in [0.15, 0.2) is 53.1 Å². The number of carbonyl (C=O) groups excluding carboxylic acids is 3. The Labute approximate surface area is 193 Å². The molecule has 2 aromatic carbocycles. The summed E-state index contributed by atoms with van der Waals surface area (Å²) in [6, 6.07) is 8.94. The molecule has 1 atom stereocenters. The van der Waals surface area contributed by atoms with Crippen molar-refractivity contribution < 1.29 is 32.4 Å². The van der Waals surface area contributed by atoms with E-state index in [1.54, 1.807) is 19.9 Å². The maximum atomic E-state index is 14.7. The molecule has 0 aliphatic rings. The van der Waals surface area contributed by atoms with Crippen LogP contribution in [0.5, 0.6) is 0 Å². The van der Waals surface area contributed by atoms with Crippen LogP contribution in [0, 0.1) is 17.6 Å². The fraction of sp³-hybridized carbons (Fsp3) is 0.217. The van der Waals surface area contributed by atoms with E-state index in [9.17, 15) is 23.2 Å². The normalized spacial score (nSPS) is 11.6. The highest BCUT2D eigenvalue weighted by atomic mass is 19.1. The number of aromatic nitrogens is 1. The zero-order valence-corrected chi connectivity index (χ0v) is 18.5. The van der Waals surface area contributed by atoms with E-state index in [-0.39, 0.29) is 34.3 Å². The van der Waals surface area contributed by atoms with Crippen molar-refractivity contribution in [1.29, 1.82) is 0 Å². The lowest BCUT2D eigenvalue weighted by Crippen LogP contribution is -2.44. The zero-order chi connectivity index (χ0) is 24.8. The number of esters is 1. The summed E-state index contributed by atoms with van der Waals surface area (Å²) >= 11 is 0. The molecule has 1 heterocycles. The molecule has 1 unspecified atom stereocenters. The Bertz CT molecular complexity index is 1210. The minimum Gasteiger partial charge on any atom is -0.467 e. The first-order chi connectivity index (χ1) is 16.2. The molecule has 0 spiro atoms. The quantitative estimate of drug-likeness (QED) is 0.443. The molecule has 0 radical (unpaired) electrons. The van der Waals surface area contributed by atoms with Gasteiger partial charge in [0.05, 0.1) is 12.8 Å². The highest BCUT2D eigenvalue weighted by Crippen LogP contribution is 2.25. The molecule has 11 heteroatoms. The molecule has 3 N–H and O–H groups in total. The maximum absolute atomic E-state index is 14.7. The lowest BCUT2D eigenvalue weighted by Gasteiger charge is -2.18. The minimum atomic E-state index is -0.899. The second-order valence-electron chi connectivity index (χ2n) is 7.55. The SMILES string of the molecule is COC(=O)C(NC(=O)c1cc(-c2ccc(NC(=O)Nc3ccccc3F)cc2F)no1)C(C)C. The third-order valence-corrected chi connectivity index (χ3v) is 4.77. The van der Waals surface area contributed by atoms with Gasteiger partial charge in [0.15, 0.2) is 0 Å². The van der Waals surface area contributed by atoms with Gasteiger partial charge < -0.3 is 25.2 Å². The third kappa shape index (κ3) is 5.74. The molecule has 3 rings (SSSR count). The fourth-order valence-electron chi connectivity index (χ4n) is 2.99. The van der Waals surface area contributed by atoms with Crippen molar-refractivity contribution in [2.45, 2.75) is 19.9 Å². The van der Waals surface area contributed by atoms with Crippen molar-refractivity contribution >= 4 is 29.3 Å². The monoisotopic (exact) mass is 472 g/mol. The van der Waals surface area contributed by atoms with Gasteiger partial charge in [0.1, 0.15) is 23.4 Å². The number of hydrogen-bond acceptors (Lipinski definition) is 6. The van der Waals surface area contributed by atoms with Crippen molar-refractivity contribution in [3.8, 4) is 11.3 Å². The molecule has 0 fully saturated rings. The summed E-state index contributed by atoms with van der Waals surface area (Å²) in [4.78, 5) is 36.3. The van der Waals surface area contributed by atoms with Crippen LogP contribution in [0.25, 0.3) is 11.3 Å². The Morgan fingerprint density at radius 3 is 2.38 bits per heavy atom. The van der Waals surface area contributed by atoms with Gasteiger partial charge >= 0.3 is 12.0 Å². The topological polar surface area (TPSA) is 123 Å². The average Bonchev–Trinajstić information content (AvgIpc) is 3.28. The van der Waals surface area contributed by atoms with Crippen LogP contribution in [0.2, 0.25) is 0 Å². The molecule has 0 saturated heterocycles. The van der Waals surface area contributed by atoms with Gasteiger partial charge in [0.25, 0.3) is 5.91 Å². The van der Waals surface area contributed by atoms with Crippen molar-refractivity contribution in [2.24, 2.45) is 5.92 Å². The zero-order valence-electron chi connectivity index (χ0n) is 18.5. The van der Waals surface area contributed by atoms with E-state index < -0.39 is 35.6 Å². The molecule has 3 aromatic rings. The number of halogens is 2. The summed E-state index contributed by atoms with van der Waals surface area (Å²) in [7, 11) is 1.21. The number of carbonyl (C=O) groups is 3. The summed E-state index contributed by atoms with van der Waals surface area (Å²) in [5.41, 5.74) is 0.118. The first-order valence-corrected chi connectivity index (χ1v) is 10.2. The van der Waals surface area contributed by atoms with Crippen LogP contribution in [0.4, 0.5) is 25.0 Å². The predicted octanol–water partition coefficient (Wildman–Crippen LogP) is 4.19. The van der Waals surface area contributed by atoms with E-state index in [0.717, 1.165) is 6.07 Å². The number of hydrogen-bond donors (Lipinski definition) is 3. The molecular weight excluding hydrogens is 450 g/mol. The maximum Gasteiger partial charge on any atom is 0.328 e. The third-order valence-electron chi connectivity index (χ3n) is 4.77. The van der Waals surface area contributed by atoms with E-state index in [4.69, 9.17) is 4.52 Å². The summed E-state index contributed by atoms with van der Waals surface area (Å²) in [5.74, 6) is -3.17.